The van der Waals surface area contributed by atoms with Crippen molar-refractivity contribution in [1.29, 1.82) is 5.26 Å². The summed E-state index contributed by atoms with van der Waals surface area (Å²) in [6, 6.07) is 46.7. The van der Waals surface area contributed by atoms with Crippen LogP contribution in [0.5, 0.6) is 0 Å². The number of benzene rings is 5. The van der Waals surface area contributed by atoms with Crippen molar-refractivity contribution in [3.63, 3.8) is 0 Å². The highest BCUT2D eigenvalue weighted by Crippen LogP contribution is 2.37. The highest BCUT2D eigenvalue weighted by atomic mass is 28.3. The standard InChI is InChI=1S/C34H24N2Si/c1-24(20-21-35)36-31-18-10-8-16-27(31)29-23-34-30(22-32(29)36)28-17-9-11-19-33(28)37(34,25-12-4-2-5-13-25)26-14-6-3-7-15-26/h2-19,22-23H,1,20H2. The number of hydrogen-bond donors (Lipinski definition) is 0. The molecule has 0 amide bonds. The van der Waals surface area contributed by atoms with Gasteiger partial charge < -0.3 is 4.57 Å². The Morgan fingerprint density at radius 2 is 1.27 bits per heavy atom. The maximum Gasteiger partial charge on any atom is 0.180 e. The van der Waals surface area contributed by atoms with E-state index in [-0.39, 0.29) is 6.42 Å². The Bertz CT molecular complexity index is 1840. The molecular formula is C34H24N2Si. The van der Waals surface area contributed by atoms with Crippen LogP contribution in [0.25, 0.3) is 38.6 Å². The summed E-state index contributed by atoms with van der Waals surface area (Å²) < 4.78 is 2.18. The lowest BCUT2D eigenvalue weighted by Crippen LogP contribution is -2.72. The normalized spacial score (nSPS) is 13.3. The van der Waals surface area contributed by atoms with Gasteiger partial charge in [0.05, 0.1) is 23.5 Å². The summed E-state index contributed by atoms with van der Waals surface area (Å²) in [6.45, 7) is 4.30. The van der Waals surface area contributed by atoms with Gasteiger partial charge in [0.1, 0.15) is 0 Å². The van der Waals surface area contributed by atoms with Crippen LogP contribution in [-0.2, 0) is 0 Å². The van der Waals surface area contributed by atoms with E-state index >= 15 is 0 Å². The van der Waals surface area contributed by atoms with Crippen LogP contribution >= 0.6 is 0 Å². The molecule has 174 valence electrons. The Morgan fingerprint density at radius 3 is 1.97 bits per heavy atom. The predicted octanol–water partition coefficient (Wildman–Crippen LogP) is 5.54. The number of aromatic nitrogens is 1. The summed E-state index contributed by atoms with van der Waals surface area (Å²) in [7, 11) is -2.55. The average molecular weight is 489 g/mol. The van der Waals surface area contributed by atoms with E-state index in [9.17, 15) is 5.26 Å². The molecule has 5 aromatic carbocycles. The lowest BCUT2D eigenvalue weighted by atomic mass is 10.0. The average Bonchev–Trinajstić information content (AvgIpc) is 3.43. The van der Waals surface area contributed by atoms with Gasteiger partial charge in [-0.15, -0.1) is 0 Å². The minimum absolute atomic E-state index is 0.286. The first kappa shape index (κ1) is 21.6. The zero-order valence-corrected chi connectivity index (χ0v) is 21.4. The molecular weight excluding hydrogens is 464 g/mol. The van der Waals surface area contributed by atoms with E-state index < -0.39 is 8.07 Å². The van der Waals surface area contributed by atoms with Crippen molar-refractivity contribution in [3.05, 3.63) is 128 Å². The molecule has 0 saturated heterocycles. The topological polar surface area (TPSA) is 28.7 Å². The van der Waals surface area contributed by atoms with Crippen molar-refractivity contribution < 1.29 is 0 Å². The molecule has 1 aromatic heterocycles. The van der Waals surface area contributed by atoms with E-state index in [1.807, 2.05) is 0 Å². The third-order valence-corrected chi connectivity index (χ3v) is 12.7. The van der Waals surface area contributed by atoms with Crippen LogP contribution < -0.4 is 20.7 Å². The second-order valence-electron chi connectivity index (χ2n) is 9.70. The van der Waals surface area contributed by atoms with Gasteiger partial charge in [-0.3, -0.25) is 0 Å². The molecule has 0 N–H and O–H groups in total. The first-order valence-corrected chi connectivity index (χ1v) is 14.6. The Kier molecular flexibility index (Phi) is 4.79. The van der Waals surface area contributed by atoms with Gasteiger partial charge in [0.25, 0.3) is 0 Å². The van der Waals surface area contributed by atoms with Crippen LogP contribution in [0.4, 0.5) is 0 Å². The number of rotatable bonds is 4. The Morgan fingerprint density at radius 1 is 0.649 bits per heavy atom. The van der Waals surface area contributed by atoms with Crippen molar-refractivity contribution in [2.45, 2.75) is 6.42 Å². The summed E-state index contributed by atoms with van der Waals surface area (Å²) in [5.74, 6) is 0. The van der Waals surface area contributed by atoms with Gasteiger partial charge in [-0.25, -0.2) is 0 Å². The summed E-state index contributed by atoms with van der Waals surface area (Å²) in [6.07, 6.45) is 0.286. The van der Waals surface area contributed by atoms with E-state index in [0.29, 0.717) is 0 Å². The molecule has 0 spiro atoms. The zero-order chi connectivity index (χ0) is 25.0. The molecule has 7 rings (SSSR count). The van der Waals surface area contributed by atoms with E-state index in [2.05, 4.69) is 139 Å². The van der Waals surface area contributed by atoms with Gasteiger partial charge >= 0.3 is 0 Å². The van der Waals surface area contributed by atoms with Gasteiger partial charge in [0.15, 0.2) is 8.07 Å². The SMILES string of the molecule is C=C(CC#N)n1c2ccccc2c2cc3c(cc21)-c1ccccc1[Si]3(c1ccccc1)c1ccccc1. The van der Waals surface area contributed by atoms with Crippen LogP contribution in [0.2, 0.25) is 0 Å². The number of allylic oxidation sites excluding steroid dienone is 1. The quantitative estimate of drug-likeness (QED) is 0.299. The molecule has 3 heteroatoms. The van der Waals surface area contributed by atoms with Gasteiger partial charge in [-0.2, -0.15) is 5.26 Å². The Labute approximate surface area is 217 Å². The second kappa shape index (κ2) is 8.20. The molecule has 0 saturated carbocycles. The minimum atomic E-state index is -2.55. The molecule has 1 aliphatic heterocycles. The fourth-order valence-corrected chi connectivity index (χ4v) is 11.6. The largest absolute Gasteiger partial charge is 0.312 e. The van der Waals surface area contributed by atoms with Crippen molar-refractivity contribution >= 4 is 56.3 Å². The van der Waals surface area contributed by atoms with Gasteiger partial charge in [0.2, 0.25) is 0 Å². The number of nitrogens with zero attached hydrogens (tertiary/aromatic N) is 2. The third kappa shape index (κ3) is 2.91. The highest BCUT2D eigenvalue weighted by molar-refractivity contribution is 7.22. The predicted molar refractivity (Wildman–Crippen MR) is 158 cm³/mol. The fourth-order valence-electron chi connectivity index (χ4n) is 6.41. The van der Waals surface area contributed by atoms with Gasteiger partial charge in [-0.1, -0.05) is 116 Å². The van der Waals surface area contributed by atoms with Crippen LogP contribution in [-0.4, -0.2) is 12.6 Å². The first-order chi connectivity index (χ1) is 18.2. The van der Waals surface area contributed by atoms with Crippen LogP contribution in [0.3, 0.4) is 0 Å². The van der Waals surface area contributed by atoms with Crippen LogP contribution in [0, 0.1) is 11.3 Å². The van der Waals surface area contributed by atoms with E-state index in [1.54, 1.807) is 0 Å². The van der Waals surface area contributed by atoms with Gasteiger partial charge in [0, 0.05) is 16.5 Å². The third-order valence-electron chi connectivity index (χ3n) is 7.85. The monoisotopic (exact) mass is 488 g/mol. The summed E-state index contributed by atoms with van der Waals surface area (Å²) in [5.41, 5.74) is 5.61. The van der Waals surface area contributed by atoms with E-state index in [4.69, 9.17) is 0 Å². The first-order valence-electron chi connectivity index (χ1n) is 12.6. The lowest BCUT2D eigenvalue weighted by Gasteiger charge is -2.31. The number of fused-ring (bicyclic) bond motifs is 6. The maximum atomic E-state index is 9.47. The van der Waals surface area contributed by atoms with Crippen molar-refractivity contribution in [2.75, 3.05) is 0 Å². The minimum Gasteiger partial charge on any atom is -0.312 e. The van der Waals surface area contributed by atoms with E-state index in [0.717, 1.165) is 16.7 Å². The maximum absolute atomic E-state index is 9.47. The Balaban J connectivity index is 1.68. The molecule has 6 aromatic rings. The van der Waals surface area contributed by atoms with Crippen LogP contribution in [0.15, 0.2) is 128 Å². The van der Waals surface area contributed by atoms with Crippen LogP contribution in [0.1, 0.15) is 6.42 Å². The van der Waals surface area contributed by atoms with Crippen molar-refractivity contribution in [1.82, 2.24) is 4.57 Å². The summed E-state index contributed by atoms with van der Waals surface area (Å²) in [4.78, 5) is 0. The molecule has 1 aliphatic rings. The number of nitriles is 1. The Hall–Kier alpha value is -4.65. The number of para-hydroxylation sites is 1. The lowest BCUT2D eigenvalue weighted by molar-refractivity contribution is 1.15. The molecule has 2 nitrogen and oxygen atoms in total. The summed E-state index contributed by atoms with van der Waals surface area (Å²) >= 11 is 0. The molecule has 0 fully saturated rings. The second-order valence-corrected chi connectivity index (χ2v) is 13.4. The number of hydrogen-bond acceptors (Lipinski definition) is 1. The molecule has 37 heavy (non-hydrogen) atoms. The van der Waals surface area contributed by atoms with E-state index in [1.165, 1.54) is 42.6 Å². The molecule has 0 aliphatic carbocycles. The summed E-state index contributed by atoms with van der Waals surface area (Å²) in [5, 5.41) is 17.5. The smallest absolute Gasteiger partial charge is 0.180 e. The van der Waals surface area contributed by atoms with Crippen molar-refractivity contribution in [2.24, 2.45) is 0 Å². The molecule has 0 unspecified atom stereocenters. The van der Waals surface area contributed by atoms with Crippen molar-refractivity contribution in [3.8, 4) is 17.2 Å². The zero-order valence-electron chi connectivity index (χ0n) is 20.4. The fraction of sp³-hybridized carbons (Fsp3) is 0.0294. The highest BCUT2D eigenvalue weighted by Gasteiger charge is 2.48. The molecule has 0 radical (unpaired) electrons. The molecule has 2 heterocycles. The van der Waals surface area contributed by atoms with Gasteiger partial charge in [-0.05, 0) is 44.0 Å². The molecule has 0 bridgehead atoms. The molecule has 0 atom stereocenters.